The third kappa shape index (κ3) is 3.30. The van der Waals surface area contributed by atoms with E-state index in [1.807, 2.05) is 11.8 Å². The van der Waals surface area contributed by atoms with Crippen LogP contribution in [-0.4, -0.2) is 29.1 Å². The van der Waals surface area contributed by atoms with E-state index in [0.717, 1.165) is 5.75 Å². The van der Waals surface area contributed by atoms with Crippen LogP contribution in [0, 0.1) is 0 Å². The maximum absolute atomic E-state index is 11.1. The van der Waals surface area contributed by atoms with Crippen molar-refractivity contribution in [3.05, 3.63) is 0 Å². The van der Waals surface area contributed by atoms with Crippen molar-refractivity contribution in [3.63, 3.8) is 0 Å². The number of fused-ring (bicyclic) bond motifs is 1. The van der Waals surface area contributed by atoms with Crippen LogP contribution in [0.25, 0.3) is 0 Å². The summed E-state index contributed by atoms with van der Waals surface area (Å²) in [4.78, 5) is 11.1. The summed E-state index contributed by atoms with van der Waals surface area (Å²) in [5, 5.41) is 6.63. The van der Waals surface area contributed by atoms with Gasteiger partial charge in [-0.25, -0.2) is 4.79 Å². The third-order valence-corrected chi connectivity index (χ3v) is 4.54. The number of carbonyl (C=O) groups excluding carboxylic acids is 1. The molecule has 0 radical (unpaired) electrons. The van der Waals surface area contributed by atoms with Crippen LogP contribution in [0.3, 0.4) is 0 Å². The lowest BCUT2D eigenvalue weighted by Crippen LogP contribution is -2.36. The van der Waals surface area contributed by atoms with Gasteiger partial charge in [-0.2, -0.15) is 11.8 Å². The van der Waals surface area contributed by atoms with Gasteiger partial charge in [-0.05, 0) is 6.42 Å². The lowest BCUT2D eigenvalue weighted by Gasteiger charge is -2.16. The second-order valence-electron chi connectivity index (χ2n) is 4.12. The Morgan fingerprint density at radius 3 is 2.75 bits per heavy atom. The zero-order valence-electron chi connectivity index (χ0n) is 8.58. The molecule has 2 N–H and O–H groups in total. The first-order chi connectivity index (χ1) is 6.81. The molecule has 2 aliphatic rings. The van der Waals surface area contributed by atoms with Gasteiger partial charge in [-0.15, -0.1) is 0 Å². The second kappa shape index (κ2) is 7.05. The van der Waals surface area contributed by atoms with Crippen LogP contribution < -0.4 is 10.6 Å². The second-order valence-corrected chi connectivity index (χ2v) is 5.39. The van der Waals surface area contributed by atoms with E-state index in [0.29, 0.717) is 17.3 Å². The van der Waals surface area contributed by atoms with E-state index < -0.39 is 0 Å². The molecule has 2 rings (SSSR count). The smallest absolute Gasteiger partial charge is 0.315 e. The van der Waals surface area contributed by atoms with Crippen molar-refractivity contribution in [2.45, 2.75) is 64.8 Å². The lowest BCUT2D eigenvalue weighted by molar-refractivity contribution is 0.247. The van der Waals surface area contributed by atoms with Crippen molar-refractivity contribution in [2.75, 3.05) is 5.75 Å². The van der Waals surface area contributed by atoms with Gasteiger partial charge in [0.25, 0.3) is 0 Å². The fourth-order valence-corrected chi connectivity index (χ4v) is 3.78. The number of urea groups is 1. The number of hydrogen-bond donors (Lipinski definition) is 2. The van der Waals surface area contributed by atoms with E-state index >= 15 is 0 Å². The molecule has 2 saturated heterocycles. The summed E-state index contributed by atoms with van der Waals surface area (Å²) in [7, 11) is 0. The van der Waals surface area contributed by atoms with Crippen molar-refractivity contribution >= 4 is 17.8 Å². The summed E-state index contributed by atoms with van der Waals surface area (Å²) < 4.78 is 0. The number of rotatable bonds is 4. The Hall–Kier alpha value is -0.380. The van der Waals surface area contributed by atoms with Crippen molar-refractivity contribution in [1.82, 2.24) is 10.6 Å². The van der Waals surface area contributed by atoms with E-state index in [4.69, 9.17) is 0 Å². The van der Waals surface area contributed by atoms with Crippen molar-refractivity contribution in [3.8, 4) is 0 Å². The van der Waals surface area contributed by atoms with Crippen LogP contribution in [-0.2, 0) is 0 Å². The zero-order chi connectivity index (χ0) is 9.97. The maximum atomic E-state index is 11.1. The summed E-state index contributed by atoms with van der Waals surface area (Å²) in [6.45, 7) is 2.23. The van der Waals surface area contributed by atoms with E-state index in [9.17, 15) is 4.79 Å². The molecule has 2 fully saturated rings. The first kappa shape index (κ1) is 15.6. The number of amides is 2. The molecule has 0 spiro atoms. The Bertz CT molecular complexity index is 223. The summed E-state index contributed by atoms with van der Waals surface area (Å²) in [6, 6.07) is 0.810. The molecule has 2 heterocycles. The Morgan fingerprint density at radius 2 is 2.06 bits per heavy atom. The Balaban J connectivity index is 0.00000112. The van der Waals surface area contributed by atoms with Crippen molar-refractivity contribution in [1.29, 1.82) is 0 Å². The number of nitrogens with one attached hydrogen (secondary N) is 2. The predicted octanol–water partition coefficient (Wildman–Crippen LogP) is 3.00. The Labute approximate surface area is 104 Å². The SMILES string of the molecule is C.C.CCCCC[C@@H]1SC[C@@H]2NC(=O)N[C@@H]21. The molecule has 0 saturated carbocycles. The van der Waals surface area contributed by atoms with E-state index in [1.165, 1.54) is 25.7 Å². The first-order valence-electron chi connectivity index (χ1n) is 5.50. The highest BCUT2D eigenvalue weighted by Crippen LogP contribution is 2.33. The van der Waals surface area contributed by atoms with E-state index in [1.54, 1.807) is 0 Å². The van der Waals surface area contributed by atoms with Crippen LogP contribution in [0.5, 0.6) is 0 Å². The summed E-state index contributed by atoms with van der Waals surface area (Å²) >= 11 is 2.01. The molecular weight excluding hydrogens is 220 g/mol. The minimum Gasteiger partial charge on any atom is -0.332 e. The standard InChI is InChI=1S/C10H18N2OS.2CH4/c1-2-3-4-5-8-9-7(6-14-8)11-10(13)12-9;;/h7-9H,2-6H2,1H3,(H2,11,12,13);2*1H4/t7-,8-,9-;;/m0../s1. The van der Waals surface area contributed by atoms with Crippen LogP contribution in [0.1, 0.15) is 47.5 Å². The molecule has 0 unspecified atom stereocenters. The number of hydrogen-bond acceptors (Lipinski definition) is 2. The topological polar surface area (TPSA) is 41.1 Å². The van der Waals surface area contributed by atoms with Crippen molar-refractivity contribution in [2.24, 2.45) is 0 Å². The zero-order valence-corrected chi connectivity index (χ0v) is 9.40. The molecule has 2 aliphatic heterocycles. The van der Waals surface area contributed by atoms with Crippen LogP contribution in [0.4, 0.5) is 4.79 Å². The molecule has 2 amide bonds. The molecule has 3 atom stereocenters. The summed E-state index contributed by atoms with van der Waals surface area (Å²) in [6.07, 6.45) is 5.14. The van der Waals surface area contributed by atoms with Gasteiger partial charge in [0.1, 0.15) is 0 Å². The molecule has 3 nitrogen and oxygen atoms in total. The van der Waals surface area contributed by atoms with Gasteiger partial charge >= 0.3 is 6.03 Å². The predicted molar refractivity (Wildman–Crippen MR) is 73.1 cm³/mol. The Kier molecular flexibility index (Phi) is 6.88. The highest BCUT2D eigenvalue weighted by molar-refractivity contribution is 8.00. The average molecular weight is 246 g/mol. The van der Waals surface area contributed by atoms with Gasteiger partial charge in [-0.1, -0.05) is 41.0 Å². The maximum Gasteiger partial charge on any atom is 0.315 e. The third-order valence-electron chi connectivity index (χ3n) is 3.03. The average Bonchev–Trinajstić information content (AvgIpc) is 2.66. The molecule has 0 aromatic carbocycles. The van der Waals surface area contributed by atoms with Gasteiger partial charge in [0.15, 0.2) is 0 Å². The number of carbonyl (C=O) groups is 1. The van der Waals surface area contributed by atoms with Gasteiger partial charge < -0.3 is 10.6 Å². The molecule has 0 aromatic heterocycles. The number of unbranched alkanes of at least 4 members (excludes halogenated alkanes) is 2. The fourth-order valence-electron chi connectivity index (χ4n) is 2.24. The molecule has 4 heteroatoms. The van der Waals surface area contributed by atoms with E-state index in [2.05, 4.69) is 17.6 Å². The van der Waals surface area contributed by atoms with Gasteiger partial charge in [0, 0.05) is 11.0 Å². The van der Waals surface area contributed by atoms with Crippen LogP contribution >= 0.6 is 11.8 Å². The molecule has 16 heavy (non-hydrogen) atoms. The molecule has 0 aliphatic carbocycles. The normalized spacial score (nSPS) is 30.8. The van der Waals surface area contributed by atoms with Gasteiger partial charge in [-0.3, -0.25) is 0 Å². The monoisotopic (exact) mass is 246 g/mol. The number of thioether (sulfide) groups is 1. The quantitative estimate of drug-likeness (QED) is 0.591. The molecule has 0 bridgehead atoms. The summed E-state index contributed by atoms with van der Waals surface area (Å²) in [5.74, 6) is 1.08. The first-order valence-corrected chi connectivity index (χ1v) is 6.54. The minimum atomic E-state index is 0. The minimum absolute atomic E-state index is 0. The van der Waals surface area contributed by atoms with Crippen molar-refractivity contribution < 1.29 is 4.79 Å². The molecular formula is C12H26N2OS. The van der Waals surface area contributed by atoms with E-state index in [-0.39, 0.29) is 20.9 Å². The summed E-state index contributed by atoms with van der Waals surface area (Å²) in [5.41, 5.74) is 0. The highest BCUT2D eigenvalue weighted by atomic mass is 32.2. The van der Waals surface area contributed by atoms with Crippen LogP contribution in [0.2, 0.25) is 0 Å². The molecule has 0 aromatic rings. The fraction of sp³-hybridized carbons (Fsp3) is 0.917. The highest BCUT2D eigenvalue weighted by Gasteiger charge is 2.42. The van der Waals surface area contributed by atoms with Gasteiger partial charge in [0.05, 0.1) is 12.1 Å². The molecule has 96 valence electrons. The van der Waals surface area contributed by atoms with Gasteiger partial charge in [0.2, 0.25) is 0 Å². The lowest BCUT2D eigenvalue weighted by atomic mass is 10.0. The Morgan fingerprint density at radius 1 is 1.31 bits per heavy atom. The largest absolute Gasteiger partial charge is 0.332 e. The van der Waals surface area contributed by atoms with Crippen LogP contribution in [0.15, 0.2) is 0 Å².